The molecule has 2 fully saturated rings. The van der Waals surface area contributed by atoms with E-state index in [1.807, 2.05) is 0 Å². The summed E-state index contributed by atoms with van der Waals surface area (Å²) in [5, 5.41) is 0. The minimum atomic E-state index is -0.0239. The first-order valence-electron chi connectivity index (χ1n) is 9.57. The first-order valence-corrected chi connectivity index (χ1v) is 9.57. The predicted octanol–water partition coefficient (Wildman–Crippen LogP) is 5.15. The Hall–Kier alpha value is -1.93. The van der Waals surface area contributed by atoms with E-state index in [0.29, 0.717) is 12.2 Å². The lowest BCUT2D eigenvalue weighted by atomic mass is 9.65. The Bertz CT molecular complexity index is 726. The normalized spacial score (nSPS) is 30.0. The van der Waals surface area contributed by atoms with Crippen molar-refractivity contribution in [3.8, 4) is 0 Å². The number of fused-ring (bicyclic) bond motifs is 1. The molecule has 3 atom stereocenters. The second kappa shape index (κ2) is 6.76. The molecule has 1 aliphatic heterocycles. The molecule has 4 rings (SSSR count). The molecule has 2 nitrogen and oxygen atoms in total. The molecule has 0 N–H and O–H groups in total. The van der Waals surface area contributed by atoms with Gasteiger partial charge in [-0.2, -0.15) is 0 Å². The van der Waals surface area contributed by atoms with Gasteiger partial charge in [0, 0.05) is 30.5 Å². The molecule has 0 radical (unpaired) electrons. The monoisotopic (exact) mass is 333 g/mol. The Balaban J connectivity index is 1.75. The van der Waals surface area contributed by atoms with Gasteiger partial charge in [0.25, 0.3) is 0 Å². The van der Waals surface area contributed by atoms with Crippen molar-refractivity contribution in [3.05, 3.63) is 71.8 Å². The van der Waals surface area contributed by atoms with E-state index in [1.54, 1.807) is 0 Å². The van der Waals surface area contributed by atoms with Gasteiger partial charge in [0.05, 0.1) is 0 Å². The smallest absolute Gasteiger partial charge is 0.139 e. The Morgan fingerprint density at radius 2 is 1.68 bits per heavy atom. The Morgan fingerprint density at radius 3 is 2.40 bits per heavy atom. The lowest BCUT2D eigenvalue weighted by Gasteiger charge is -2.55. The SMILES string of the molecule is C[C@@]12CCCC[C@@H]1C(=O)C[C@@H](c1ccccc1)N2Cc1ccccc1. The van der Waals surface area contributed by atoms with E-state index in [2.05, 4.69) is 72.5 Å². The molecule has 1 saturated heterocycles. The molecule has 2 aliphatic rings. The van der Waals surface area contributed by atoms with Crippen LogP contribution in [-0.4, -0.2) is 16.2 Å². The lowest BCUT2D eigenvalue weighted by molar-refractivity contribution is -0.144. The third kappa shape index (κ3) is 3.04. The molecule has 0 amide bonds. The van der Waals surface area contributed by atoms with E-state index >= 15 is 0 Å². The fourth-order valence-corrected chi connectivity index (χ4v) is 5.01. The topological polar surface area (TPSA) is 20.3 Å². The molecule has 0 aromatic heterocycles. The third-order valence-corrected chi connectivity index (χ3v) is 6.37. The summed E-state index contributed by atoms with van der Waals surface area (Å²) in [6.45, 7) is 3.26. The number of benzene rings is 2. The molecule has 1 saturated carbocycles. The van der Waals surface area contributed by atoms with Crippen LogP contribution in [0.3, 0.4) is 0 Å². The van der Waals surface area contributed by atoms with E-state index < -0.39 is 0 Å². The van der Waals surface area contributed by atoms with Crippen LogP contribution in [0.4, 0.5) is 0 Å². The zero-order valence-corrected chi connectivity index (χ0v) is 15.0. The Kier molecular flexibility index (Phi) is 4.47. The van der Waals surface area contributed by atoms with Crippen LogP contribution in [0.15, 0.2) is 60.7 Å². The van der Waals surface area contributed by atoms with E-state index in [1.165, 1.54) is 24.0 Å². The van der Waals surface area contributed by atoms with Gasteiger partial charge >= 0.3 is 0 Å². The van der Waals surface area contributed by atoms with E-state index in [4.69, 9.17) is 0 Å². The van der Waals surface area contributed by atoms with Crippen molar-refractivity contribution < 1.29 is 4.79 Å². The highest BCUT2D eigenvalue weighted by Crippen LogP contribution is 2.49. The molecular weight excluding hydrogens is 306 g/mol. The number of rotatable bonds is 3. The summed E-state index contributed by atoms with van der Waals surface area (Å²) in [7, 11) is 0. The average molecular weight is 333 g/mol. The second-order valence-electron chi connectivity index (χ2n) is 7.87. The van der Waals surface area contributed by atoms with Crippen molar-refractivity contribution in [1.29, 1.82) is 0 Å². The Labute approximate surface area is 150 Å². The highest BCUT2D eigenvalue weighted by Gasteiger charge is 2.51. The summed E-state index contributed by atoms with van der Waals surface area (Å²) < 4.78 is 0. The van der Waals surface area contributed by atoms with Crippen molar-refractivity contribution >= 4 is 5.78 Å². The van der Waals surface area contributed by atoms with Crippen molar-refractivity contribution in [3.63, 3.8) is 0 Å². The summed E-state index contributed by atoms with van der Waals surface area (Å²) in [6, 6.07) is 21.5. The summed E-state index contributed by atoms with van der Waals surface area (Å²) >= 11 is 0. The summed E-state index contributed by atoms with van der Waals surface area (Å²) in [4.78, 5) is 15.6. The van der Waals surface area contributed by atoms with Gasteiger partial charge < -0.3 is 0 Å². The van der Waals surface area contributed by atoms with Crippen LogP contribution in [0.2, 0.25) is 0 Å². The maximum absolute atomic E-state index is 13.0. The number of Topliss-reactive ketones (excluding diaryl/α,β-unsaturated/α-hetero) is 1. The molecule has 25 heavy (non-hydrogen) atoms. The number of carbonyl (C=O) groups is 1. The third-order valence-electron chi connectivity index (χ3n) is 6.37. The number of hydrogen-bond acceptors (Lipinski definition) is 2. The maximum atomic E-state index is 13.0. The number of ketones is 1. The quantitative estimate of drug-likeness (QED) is 0.774. The minimum absolute atomic E-state index is 0.0239. The molecular formula is C23H27NO. The van der Waals surface area contributed by atoms with Gasteiger partial charge in [-0.3, -0.25) is 9.69 Å². The largest absolute Gasteiger partial charge is 0.299 e. The lowest BCUT2D eigenvalue weighted by Crippen LogP contribution is -2.60. The van der Waals surface area contributed by atoms with Crippen LogP contribution >= 0.6 is 0 Å². The van der Waals surface area contributed by atoms with Crippen LogP contribution in [0, 0.1) is 5.92 Å². The van der Waals surface area contributed by atoms with Crippen molar-refractivity contribution in [2.24, 2.45) is 5.92 Å². The number of piperidine rings is 1. The zero-order chi connectivity index (χ0) is 17.3. The van der Waals surface area contributed by atoms with Gasteiger partial charge in [0.15, 0.2) is 0 Å². The zero-order valence-electron chi connectivity index (χ0n) is 15.0. The predicted molar refractivity (Wildman–Crippen MR) is 101 cm³/mol. The van der Waals surface area contributed by atoms with Crippen molar-refractivity contribution in [2.75, 3.05) is 0 Å². The second-order valence-corrected chi connectivity index (χ2v) is 7.87. The maximum Gasteiger partial charge on any atom is 0.139 e. The van der Waals surface area contributed by atoms with Gasteiger partial charge in [0.1, 0.15) is 5.78 Å². The fraction of sp³-hybridized carbons (Fsp3) is 0.435. The molecule has 1 heterocycles. The number of carbonyl (C=O) groups excluding carboxylic acids is 1. The molecule has 0 unspecified atom stereocenters. The average Bonchev–Trinajstić information content (AvgIpc) is 2.65. The van der Waals surface area contributed by atoms with E-state index in [-0.39, 0.29) is 17.5 Å². The van der Waals surface area contributed by atoms with Crippen LogP contribution in [0.1, 0.15) is 56.2 Å². The molecule has 2 heteroatoms. The molecule has 0 spiro atoms. The van der Waals surface area contributed by atoms with Crippen molar-refractivity contribution in [2.45, 2.75) is 57.2 Å². The molecule has 0 bridgehead atoms. The molecule has 130 valence electrons. The van der Waals surface area contributed by atoms with E-state index in [0.717, 1.165) is 19.4 Å². The first kappa shape index (κ1) is 16.5. The number of hydrogen-bond donors (Lipinski definition) is 0. The number of likely N-dealkylation sites (tertiary alicyclic amines) is 1. The van der Waals surface area contributed by atoms with Gasteiger partial charge in [-0.15, -0.1) is 0 Å². The highest BCUT2D eigenvalue weighted by atomic mass is 16.1. The highest BCUT2D eigenvalue weighted by molar-refractivity contribution is 5.84. The Morgan fingerprint density at radius 1 is 1.00 bits per heavy atom. The fourth-order valence-electron chi connectivity index (χ4n) is 5.01. The minimum Gasteiger partial charge on any atom is -0.299 e. The van der Waals surface area contributed by atoms with Crippen LogP contribution in [0.5, 0.6) is 0 Å². The van der Waals surface area contributed by atoms with Crippen LogP contribution in [-0.2, 0) is 11.3 Å². The standard InChI is InChI=1S/C23H27NO/c1-23-15-9-8-14-20(23)22(25)16-21(19-12-6-3-7-13-19)24(23)17-18-10-4-2-5-11-18/h2-7,10-13,20-21H,8-9,14-17H2,1H3/t20-,21+,23-/m1/s1. The van der Waals surface area contributed by atoms with Gasteiger partial charge in [-0.1, -0.05) is 73.5 Å². The first-order chi connectivity index (χ1) is 12.2. The molecule has 1 aliphatic carbocycles. The van der Waals surface area contributed by atoms with Gasteiger partial charge in [-0.25, -0.2) is 0 Å². The van der Waals surface area contributed by atoms with Gasteiger partial charge in [-0.05, 0) is 30.9 Å². The van der Waals surface area contributed by atoms with Gasteiger partial charge in [0.2, 0.25) is 0 Å². The van der Waals surface area contributed by atoms with Crippen molar-refractivity contribution in [1.82, 2.24) is 4.90 Å². The van der Waals surface area contributed by atoms with Crippen LogP contribution < -0.4 is 0 Å². The summed E-state index contributed by atoms with van der Waals surface area (Å²) in [5.74, 6) is 0.672. The molecule has 2 aromatic rings. The van der Waals surface area contributed by atoms with E-state index in [9.17, 15) is 4.79 Å². The summed E-state index contributed by atoms with van der Waals surface area (Å²) in [6.07, 6.45) is 5.26. The number of nitrogens with zero attached hydrogens (tertiary/aromatic N) is 1. The molecule has 2 aromatic carbocycles. The van der Waals surface area contributed by atoms with Crippen LogP contribution in [0.25, 0.3) is 0 Å². The summed E-state index contributed by atoms with van der Waals surface area (Å²) in [5.41, 5.74) is 2.59.